The van der Waals surface area contributed by atoms with Gasteiger partial charge in [0, 0.05) is 22.0 Å². The Bertz CT molecular complexity index is 406. The van der Waals surface area contributed by atoms with E-state index in [-0.39, 0.29) is 11.4 Å². The zero-order chi connectivity index (χ0) is 12.3. The number of hydrogen-bond acceptors (Lipinski definition) is 2. The van der Waals surface area contributed by atoms with Gasteiger partial charge in [-0.1, -0.05) is 0 Å². The van der Waals surface area contributed by atoms with Crippen molar-refractivity contribution >= 4 is 27.5 Å². The highest BCUT2D eigenvalue weighted by Gasteiger charge is 2.35. The number of anilines is 1. The highest BCUT2D eigenvalue weighted by molar-refractivity contribution is 9.10. The first-order valence-corrected chi connectivity index (χ1v) is 4.85. The molecular formula is C9H7BrF3NO2. The fourth-order valence-corrected chi connectivity index (χ4v) is 1.06. The van der Waals surface area contributed by atoms with E-state index in [1.807, 2.05) is 21.2 Å². The zero-order valence-electron chi connectivity index (χ0n) is 8.06. The molecule has 0 fully saturated rings. The number of amides is 1. The number of carbonyl (C=O) groups is 1. The quantitative estimate of drug-likeness (QED) is 0.871. The number of hydrogen-bond donors (Lipinski definition) is 1. The molecule has 0 saturated carbocycles. The molecule has 0 atom stereocenters. The predicted octanol–water partition coefficient (Wildman–Crippen LogP) is 2.76. The van der Waals surface area contributed by atoms with Crippen molar-refractivity contribution in [3.05, 3.63) is 24.0 Å². The molecule has 0 saturated heterocycles. The SMILES string of the molecule is COc1cc(F)ccc1NC(=O)C(F)(F)Br. The van der Waals surface area contributed by atoms with Crippen molar-refractivity contribution in [2.75, 3.05) is 12.4 Å². The average molecular weight is 298 g/mol. The summed E-state index contributed by atoms with van der Waals surface area (Å²) in [5.74, 6) is -2.19. The lowest BCUT2D eigenvalue weighted by Crippen LogP contribution is -2.28. The molecule has 0 aliphatic heterocycles. The van der Waals surface area contributed by atoms with Crippen LogP contribution in [0.5, 0.6) is 5.75 Å². The molecule has 0 unspecified atom stereocenters. The lowest BCUT2D eigenvalue weighted by molar-refractivity contribution is -0.128. The molecule has 0 heterocycles. The molecule has 0 aliphatic rings. The van der Waals surface area contributed by atoms with Gasteiger partial charge in [-0.05, 0) is 12.1 Å². The van der Waals surface area contributed by atoms with Crippen LogP contribution >= 0.6 is 15.9 Å². The molecule has 16 heavy (non-hydrogen) atoms. The van der Waals surface area contributed by atoms with E-state index in [2.05, 4.69) is 0 Å². The predicted molar refractivity (Wildman–Crippen MR) is 55.5 cm³/mol. The first-order valence-electron chi connectivity index (χ1n) is 4.06. The summed E-state index contributed by atoms with van der Waals surface area (Å²) >= 11 is 1.90. The number of nitrogens with one attached hydrogen (secondary N) is 1. The first kappa shape index (κ1) is 12.8. The highest BCUT2D eigenvalue weighted by atomic mass is 79.9. The van der Waals surface area contributed by atoms with Crippen LogP contribution in [0.25, 0.3) is 0 Å². The molecule has 0 radical (unpaired) electrons. The number of rotatable bonds is 3. The van der Waals surface area contributed by atoms with E-state index >= 15 is 0 Å². The summed E-state index contributed by atoms with van der Waals surface area (Å²) in [6, 6.07) is 3.12. The van der Waals surface area contributed by atoms with Gasteiger partial charge in [-0.2, -0.15) is 8.78 Å². The molecule has 0 aromatic heterocycles. The van der Waals surface area contributed by atoms with Gasteiger partial charge >= 0.3 is 10.7 Å². The van der Waals surface area contributed by atoms with Crippen LogP contribution in [-0.2, 0) is 4.79 Å². The molecular weight excluding hydrogens is 291 g/mol. The lowest BCUT2D eigenvalue weighted by Gasteiger charge is -2.12. The summed E-state index contributed by atoms with van der Waals surface area (Å²) < 4.78 is 42.5. The molecule has 0 bridgehead atoms. The second kappa shape index (κ2) is 4.73. The molecule has 7 heteroatoms. The maximum Gasteiger partial charge on any atom is 0.378 e. The van der Waals surface area contributed by atoms with Crippen molar-refractivity contribution in [3.8, 4) is 5.75 Å². The van der Waals surface area contributed by atoms with Gasteiger partial charge in [-0.3, -0.25) is 4.79 Å². The minimum absolute atomic E-state index is 0.0342. The van der Waals surface area contributed by atoms with Gasteiger partial charge < -0.3 is 10.1 Å². The number of carbonyl (C=O) groups excluding carboxylic acids is 1. The largest absolute Gasteiger partial charge is 0.494 e. The van der Waals surface area contributed by atoms with Crippen LogP contribution in [0.4, 0.5) is 18.9 Å². The minimum Gasteiger partial charge on any atom is -0.494 e. The Morgan fingerprint density at radius 3 is 2.62 bits per heavy atom. The van der Waals surface area contributed by atoms with Gasteiger partial charge in [0.2, 0.25) is 0 Å². The Morgan fingerprint density at radius 2 is 2.12 bits per heavy atom. The van der Waals surface area contributed by atoms with E-state index in [0.717, 1.165) is 18.2 Å². The van der Waals surface area contributed by atoms with Crippen molar-refractivity contribution in [2.45, 2.75) is 4.83 Å². The number of benzene rings is 1. The summed E-state index contributed by atoms with van der Waals surface area (Å²) in [5, 5.41) is 1.90. The number of halogens is 4. The monoisotopic (exact) mass is 297 g/mol. The van der Waals surface area contributed by atoms with Crippen LogP contribution in [0.2, 0.25) is 0 Å². The smallest absolute Gasteiger partial charge is 0.378 e. The topological polar surface area (TPSA) is 38.3 Å². The second-order valence-corrected chi connectivity index (χ2v) is 3.79. The first-order chi connectivity index (χ1) is 7.34. The average Bonchev–Trinajstić information content (AvgIpc) is 2.19. The van der Waals surface area contributed by atoms with Crippen LogP contribution in [0.1, 0.15) is 0 Å². The van der Waals surface area contributed by atoms with Crippen molar-refractivity contribution in [3.63, 3.8) is 0 Å². The minimum atomic E-state index is -3.69. The standard InChI is InChI=1S/C9H7BrF3NO2/c1-16-7-4-5(11)2-3-6(7)14-8(15)9(10,12)13/h2-4H,1H3,(H,14,15). The number of ether oxygens (including phenoxy) is 1. The van der Waals surface area contributed by atoms with E-state index < -0.39 is 16.6 Å². The van der Waals surface area contributed by atoms with Crippen molar-refractivity contribution < 1.29 is 22.7 Å². The number of methoxy groups -OCH3 is 1. The van der Waals surface area contributed by atoms with Crippen LogP contribution in [0, 0.1) is 5.82 Å². The van der Waals surface area contributed by atoms with Crippen LogP contribution < -0.4 is 10.1 Å². The number of alkyl halides is 3. The molecule has 88 valence electrons. The van der Waals surface area contributed by atoms with Gasteiger partial charge in [0.15, 0.2) is 0 Å². The maximum absolute atomic E-state index is 12.8. The maximum atomic E-state index is 12.8. The van der Waals surface area contributed by atoms with Crippen LogP contribution in [0.15, 0.2) is 18.2 Å². The normalized spacial score (nSPS) is 11.1. The lowest BCUT2D eigenvalue weighted by atomic mass is 10.3. The van der Waals surface area contributed by atoms with E-state index in [1.165, 1.54) is 7.11 Å². The van der Waals surface area contributed by atoms with Gasteiger partial charge in [-0.15, -0.1) is 0 Å². The zero-order valence-corrected chi connectivity index (χ0v) is 9.65. The van der Waals surface area contributed by atoms with E-state index in [1.54, 1.807) is 0 Å². The molecule has 1 rings (SSSR count). The van der Waals surface area contributed by atoms with Crippen LogP contribution in [0.3, 0.4) is 0 Å². The molecule has 1 aromatic rings. The Labute approximate surface area is 97.7 Å². The third-order valence-electron chi connectivity index (χ3n) is 1.67. The molecule has 0 aliphatic carbocycles. The highest BCUT2D eigenvalue weighted by Crippen LogP contribution is 2.28. The van der Waals surface area contributed by atoms with Gasteiger partial charge in [0.25, 0.3) is 0 Å². The summed E-state index contributed by atoms with van der Waals surface area (Å²) in [4.78, 5) is 7.24. The molecule has 1 aromatic carbocycles. The third kappa shape index (κ3) is 3.13. The van der Waals surface area contributed by atoms with Crippen molar-refractivity contribution in [1.82, 2.24) is 0 Å². The van der Waals surface area contributed by atoms with Gasteiger partial charge in [0.05, 0.1) is 12.8 Å². The van der Waals surface area contributed by atoms with E-state index in [9.17, 15) is 18.0 Å². The van der Waals surface area contributed by atoms with Crippen LogP contribution in [-0.4, -0.2) is 17.8 Å². The molecule has 0 spiro atoms. The molecule has 1 N–H and O–H groups in total. The molecule has 1 amide bonds. The second-order valence-electron chi connectivity index (χ2n) is 2.80. The Balaban J connectivity index is 2.93. The Morgan fingerprint density at radius 1 is 1.50 bits per heavy atom. The molecule has 3 nitrogen and oxygen atoms in total. The summed E-state index contributed by atoms with van der Waals surface area (Å²) in [7, 11) is 1.23. The third-order valence-corrected chi connectivity index (χ3v) is 2.03. The van der Waals surface area contributed by atoms with Gasteiger partial charge in [0.1, 0.15) is 11.6 Å². The van der Waals surface area contributed by atoms with Crippen molar-refractivity contribution in [2.24, 2.45) is 0 Å². The van der Waals surface area contributed by atoms with E-state index in [4.69, 9.17) is 4.74 Å². The fourth-order valence-electron chi connectivity index (χ4n) is 0.962. The van der Waals surface area contributed by atoms with E-state index in [0.29, 0.717) is 0 Å². The van der Waals surface area contributed by atoms with Crippen molar-refractivity contribution in [1.29, 1.82) is 0 Å². The summed E-state index contributed by atoms with van der Waals surface area (Å²) in [6.07, 6.45) is 0. The summed E-state index contributed by atoms with van der Waals surface area (Å²) in [6.45, 7) is 0. The Kier molecular flexibility index (Phi) is 3.79. The van der Waals surface area contributed by atoms with Gasteiger partial charge in [-0.25, -0.2) is 4.39 Å². The fraction of sp³-hybridized carbons (Fsp3) is 0.222. The Hall–Kier alpha value is -1.24. The summed E-state index contributed by atoms with van der Waals surface area (Å²) in [5.41, 5.74) is -0.0342.